The molecule has 2 aromatic rings. The number of sulfonamides is 1. The van der Waals surface area contributed by atoms with Gasteiger partial charge in [-0.15, -0.1) is 13.2 Å². The van der Waals surface area contributed by atoms with E-state index in [1.807, 2.05) is 24.3 Å². The predicted octanol–water partition coefficient (Wildman–Crippen LogP) is 2.38. The van der Waals surface area contributed by atoms with Crippen LogP contribution >= 0.6 is 0 Å². The van der Waals surface area contributed by atoms with Gasteiger partial charge in [-0.2, -0.15) is 0 Å². The second-order valence-electron chi connectivity index (χ2n) is 6.89. The summed E-state index contributed by atoms with van der Waals surface area (Å²) in [4.78, 5) is 13.9. The van der Waals surface area contributed by atoms with Gasteiger partial charge >= 0.3 is 0 Å². The number of nitrogens with zero attached hydrogens (tertiary/aromatic N) is 1. The maximum atomic E-state index is 12.2. The number of nitrogens with two attached hydrogens (primary N) is 2. The van der Waals surface area contributed by atoms with Crippen molar-refractivity contribution in [3.05, 3.63) is 84.6 Å². The van der Waals surface area contributed by atoms with Crippen LogP contribution < -0.4 is 21.1 Å². The van der Waals surface area contributed by atoms with Crippen LogP contribution in [0.2, 0.25) is 0 Å². The maximum absolute atomic E-state index is 12.2. The second kappa shape index (κ2) is 8.56. The van der Waals surface area contributed by atoms with Gasteiger partial charge in [0.05, 0.1) is 5.69 Å². The van der Waals surface area contributed by atoms with Crippen molar-refractivity contribution in [3.8, 4) is 0 Å². The zero-order chi connectivity index (χ0) is 21.9. The standard InChI is InChI=1S/C22H24N4O3S/c1-3-11-26(12-4-2)19-14-15(9-10-20(19)30(24,28)29)17-13-16-7-5-6-8-18(16)25-21(17)22(23)27/h3-10,14,25H,1-2,11-13H2,(H2,23,27)(H2,24,28,29). The number of nitrogens with one attached hydrogen (secondary N) is 1. The van der Waals surface area contributed by atoms with E-state index in [4.69, 9.17) is 10.9 Å². The molecule has 0 aromatic heterocycles. The van der Waals surface area contributed by atoms with Crippen molar-refractivity contribution in [3.63, 3.8) is 0 Å². The van der Waals surface area contributed by atoms with E-state index in [2.05, 4.69) is 18.5 Å². The number of amides is 1. The number of para-hydroxylation sites is 1. The summed E-state index contributed by atoms with van der Waals surface area (Å²) in [6, 6.07) is 12.4. The lowest BCUT2D eigenvalue weighted by Gasteiger charge is -2.27. The van der Waals surface area contributed by atoms with E-state index in [0.29, 0.717) is 36.3 Å². The average Bonchev–Trinajstić information content (AvgIpc) is 2.71. The summed E-state index contributed by atoms with van der Waals surface area (Å²) in [5, 5.41) is 8.56. The minimum absolute atomic E-state index is 0.0136. The van der Waals surface area contributed by atoms with E-state index in [0.717, 1.165) is 11.3 Å². The van der Waals surface area contributed by atoms with Crippen molar-refractivity contribution < 1.29 is 13.2 Å². The Bertz CT molecular complexity index is 1140. The Kier molecular flexibility index (Phi) is 6.09. The zero-order valence-electron chi connectivity index (χ0n) is 16.5. The summed E-state index contributed by atoms with van der Waals surface area (Å²) >= 11 is 0. The third-order valence-corrected chi connectivity index (χ3v) is 5.80. The maximum Gasteiger partial charge on any atom is 0.265 e. The molecule has 1 aliphatic rings. The first kappa shape index (κ1) is 21.4. The quantitative estimate of drug-likeness (QED) is 0.562. The van der Waals surface area contributed by atoms with Crippen LogP contribution in [0.1, 0.15) is 11.1 Å². The topological polar surface area (TPSA) is 119 Å². The number of rotatable bonds is 8. The molecule has 0 saturated heterocycles. The molecule has 0 spiro atoms. The molecule has 0 bridgehead atoms. The van der Waals surface area contributed by atoms with Gasteiger partial charge in [-0.25, -0.2) is 13.6 Å². The summed E-state index contributed by atoms with van der Waals surface area (Å²) in [7, 11) is -3.97. The van der Waals surface area contributed by atoms with Crippen molar-refractivity contribution in [1.29, 1.82) is 0 Å². The SMILES string of the molecule is C=CCN(CC=C)c1cc(C2=C(C(N)=O)Nc3ccccc3C2)ccc1S(N)(=O)=O. The van der Waals surface area contributed by atoms with Crippen molar-refractivity contribution in [1.82, 2.24) is 0 Å². The Morgan fingerprint density at radius 1 is 1.13 bits per heavy atom. The van der Waals surface area contributed by atoms with Gasteiger partial charge in [0.25, 0.3) is 5.91 Å². The minimum Gasteiger partial charge on any atom is -0.364 e. The van der Waals surface area contributed by atoms with Gasteiger partial charge < -0.3 is 16.0 Å². The molecule has 0 unspecified atom stereocenters. The van der Waals surface area contributed by atoms with E-state index in [-0.39, 0.29) is 10.6 Å². The number of hydrogen-bond donors (Lipinski definition) is 3. The first-order chi connectivity index (χ1) is 14.3. The highest BCUT2D eigenvalue weighted by Gasteiger charge is 2.25. The fourth-order valence-electron chi connectivity index (χ4n) is 3.52. The molecule has 1 aliphatic heterocycles. The smallest absolute Gasteiger partial charge is 0.265 e. The lowest BCUT2D eigenvalue weighted by molar-refractivity contribution is -0.114. The number of primary amides is 1. The summed E-state index contributed by atoms with van der Waals surface area (Å²) in [5.74, 6) is -0.592. The molecule has 0 radical (unpaired) electrons. The molecule has 8 heteroatoms. The highest BCUT2D eigenvalue weighted by atomic mass is 32.2. The normalized spacial score (nSPS) is 13.2. The number of carbonyl (C=O) groups excluding carboxylic acids is 1. The third kappa shape index (κ3) is 4.29. The molecular formula is C22H24N4O3S. The van der Waals surface area contributed by atoms with Crippen LogP contribution in [0.3, 0.4) is 0 Å². The van der Waals surface area contributed by atoms with Gasteiger partial charge in [0.1, 0.15) is 10.6 Å². The van der Waals surface area contributed by atoms with E-state index >= 15 is 0 Å². The molecule has 5 N–H and O–H groups in total. The van der Waals surface area contributed by atoms with E-state index in [1.165, 1.54) is 6.07 Å². The van der Waals surface area contributed by atoms with Crippen LogP contribution in [-0.2, 0) is 21.2 Å². The van der Waals surface area contributed by atoms with Crippen molar-refractivity contribution >= 4 is 32.9 Å². The van der Waals surface area contributed by atoms with E-state index < -0.39 is 15.9 Å². The second-order valence-corrected chi connectivity index (χ2v) is 8.42. The average molecular weight is 425 g/mol. The Morgan fingerprint density at radius 2 is 1.80 bits per heavy atom. The molecule has 0 saturated carbocycles. The highest BCUT2D eigenvalue weighted by Crippen LogP contribution is 2.36. The molecule has 2 aromatic carbocycles. The Balaban J connectivity index is 2.20. The van der Waals surface area contributed by atoms with Crippen LogP contribution in [0.15, 0.2) is 78.4 Å². The van der Waals surface area contributed by atoms with Crippen LogP contribution in [0.25, 0.3) is 5.57 Å². The largest absolute Gasteiger partial charge is 0.364 e. The number of primary sulfonamides is 1. The highest BCUT2D eigenvalue weighted by molar-refractivity contribution is 7.89. The fraction of sp³-hybridized carbons (Fsp3) is 0.136. The van der Waals surface area contributed by atoms with Gasteiger partial charge in [-0.1, -0.05) is 36.4 Å². The summed E-state index contributed by atoms with van der Waals surface area (Å²) in [6.07, 6.45) is 3.80. The van der Waals surface area contributed by atoms with Gasteiger partial charge in [-0.05, 0) is 34.9 Å². The van der Waals surface area contributed by atoms with Gasteiger partial charge in [0.15, 0.2) is 0 Å². The molecule has 1 amide bonds. The van der Waals surface area contributed by atoms with Crippen molar-refractivity contribution in [2.75, 3.05) is 23.3 Å². The molecular weight excluding hydrogens is 400 g/mol. The monoisotopic (exact) mass is 424 g/mol. The van der Waals surface area contributed by atoms with Crippen molar-refractivity contribution in [2.45, 2.75) is 11.3 Å². The predicted molar refractivity (Wildman–Crippen MR) is 120 cm³/mol. The molecule has 1 heterocycles. The minimum atomic E-state index is -3.97. The fourth-order valence-corrected chi connectivity index (χ4v) is 4.26. The lowest BCUT2D eigenvalue weighted by Crippen LogP contribution is -2.27. The molecule has 7 nitrogen and oxygen atoms in total. The Labute approximate surface area is 176 Å². The van der Waals surface area contributed by atoms with Gasteiger partial charge in [0, 0.05) is 25.2 Å². The Morgan fingerprint density at radius 3 is 2.40 bits per heavy atom. The zero-order valence-corrected chi connectivity index (χ0v) is 17.3. The Hall–Kier alpha value is -3.36. The van der Waals surface area contributed by atoms with Crippen LogP contribution in [0, 0.1) is 0 Å². The molecule has 0 atom stereocenters. The number of allylic oxidation sites excluding steroid dienone is 1. The first-order valence-electron chi connectivity index (χ1n) is 9.28. The van der Waals surface area contributed by atoms with E-state index in [1.54, 1.807) is 29.2 Å². The molecule has 30 heavy (non-hydrogen) atoms. The molecule has 156 valence electrons. The third-order valence-electron chi connectivity index (χ3n) is 4.85. The number of fused-ring (bicyclic) bond motifs is 1. The summed E-state index contributed by atoms with van der Waals surface area (Å²) < 4.78 is 24.4. The number of carbonyl (C=O) groups is 1. The number of benzene rings is 2. The van der Waals surface area contributed by atoms with Gasteiger partial charge in [-0.3, -0.25) is 4.79 Å². The van der Waals surface area contributed by atoms with E-state index in [9.17, 15) is 13.2 Å². The van der Waals surface area contributed by atoms with Crippen LogP contribution in [-0.4, -0.2) is 27.4 Å². The lowest BCUT2D eigenvalue weighted by atomic mass is 9.91. The summed E-state index contributed by atoms with van der Waals surface area (Å²) in [5.41, 5.74) is 9.49. The van der Waals surface area contributed by atoms with Crippen molar-refractivity contribution in [2.24, 2.45) is 10.9 Å². The number of anilines is 2. The first-order valence-corrected chi connectivity index (χ1v) is 10.8. The van der Waals surface area contributed by atoms with Crippen LogP contribution in [0.4, 0.5) is 11.4 Å². The molecule has 0 aliphatic carbocycles. The van der Waals surface area contributed by atoms with Crippen LogP contribution in [0.5, 0.6) is 0 Å². The molecule has 0 fully saturated rings. The van der Waals surface area contributed by atoms with Gasteiger partial charge in [0.2, 0.25) is 10.0 Å². The number of hydrogen-bond acceptors (Lipinski definition) is 5. The summed E-state index contributed by atoms with van der Waals surface area (Å²) in [6.45, 7) is 8.25. The molecule has 3 rings (SSSR count).